The van der Waals surface area contributed by atoms with Crippen molar-refractivity contribution in [3.05, 3.63) is 0 Å². The van der Waals surface area contributed by atoms with Gasteiger partial charge >= 0.3 is 0 Å². The van der Waals surface area contributed by atoms with Gasteiger partial charge in [-0.3, -0.25) is 0 Å². The summed E-state index contributed by atoms with van der Waals surface area (Å²) in [5.74, 6) is 0. The predicted molar refractivity (Wildman–Crippen MR) is 46.7 cm³/mol. The second kappa shape index (κ2) is 15.7. The fourth-order valence-corrected chi connectivity index (χ4v) is 0.884. The molecule has 0 aromatic heterocycles. The first-order chi connectivity index (χ1) is 3.50. The molecule has 0 heterocycles. The Bertz CT molecular complexity index is 16.1. The summed E-state index contributed by atoms with van der Waals surface area (Å²) in [6.45, 7) is 0. The van der Waals surface area contributed by atoms with Gasteiger partial charge in [0.1, 0.15) is 0 Å². The average Bonchev–Trinajstić information content (AvgIpc) is 2.23. The van der Waals surface area contributed by atoms with Gasteiger partial charge in [0.05, 0.1) is 0 Å². The first-order valence-corrected chi connectivity index (χ1v) is 3.08. The minimum absolute atomic E-state index is 0. The van der Waals surface area contributed by atoms with Crippen molar-refractivity contribution in [3.63, 3.8) is 0 Å². The zero-order chi connectivity index (χ0) is 5.54. The van der Waals surface area contributed by atoms with Crippen LogP contribution in [0.25, 0.3) is 0 Å². The van der Waals surface area contributed by atoms with E-state index in [1.807, 2.05) is 0 Å². The van der Waals surface area contributed by atoms with Crippen molar-refractivity contribution < 1.29 is 0 Å². The van der Waals surface area contributed by atoms with Crippen LogP contribution >= 0.6 is 0 Å². The monoisotopic (exact) mass is 133 g/mol. The van der Waals surface area contributed by atoms with Gasteiger partial charge in [-0.25, -0.2) is 0 Å². The van der Waals surface area contributed by atoms with Crippen LogP contribution in [0.2, 0.25) is 0 Å². The minimum atomic E-state index is 0. The Morgan fingerprint density at radius 1 is 0.667 bits per heavy atom. The molecule has 2 N–H and O–H groups in total. The first-order valence-electron chi connectivity index (χ1n) is 3.08. The Hall–Kier alpha value is -0.0400. The molecule has 0 spiro atoms. The minimum Gasteiger partial charge on any atom is -0.333 e. The van der Waals surface area contributed by atoms with E-state index in [0.29, 0.717) is 0 Å². The Kier molecular flexibility index (Phi) is 27.8. The van der Waals surface area contributed by atoms with Gasteiger partial charge in [0.25, 0.3) is 0 Å². The van der Waals surface area contributed by atoms with E-state index < -0.39 is 0 Å². The van der Waals surface area contributed by atoms with Crippen LogP contribution < -0.4 is 5.73 Å². The van der Waals surface area contributed by atoms with E-state index in [9.17, 15) is 0 Å². The molecule has 0 aromatic carbocycles. The third-order valence-corrected chi connectivity index (χ3v) is 1.25. The molecule has 1 aliphatic rings. The molecule has 1 rings (SSSR count). The van der Waals surface area contributed by atoms with Crippen molar-refractivity contribution >= 4 is 0 Å². The van der Waals surface area contributed by atoms with Crippen molar-refractivity contribution in [1.29, 1.82) is 0 Å². The molecular formula is C8H23N. The lowest BCUT2D eigenvalue weighted by Crippen LogP contribution is -1.69. The standard InChI is InChI=1S/C5H10.CH5N.2CH4/c1-2-4-5-3-1;1-2;;/h1-5H2;2H2,1H3;2*1H4. The van der Waals surface area contributed by atoms with Gasteiger partial charge in [0.15, 0.2) is 0 Å². The molecule has 0 aliphatic heterocycles. The summed E-state index contributed by atoms with van der Waals surface area (Å²) < 4.78 is 0. The molecule has 1 heteroatoms. The van der Waals surface area contributed by atoms with Gasteiger partial charge < -0.3 is 5.73 Å². The third-order valence-electron chi connectivity index (χ3n) is 1.25. The molecule has 0 aromatic rings. The second-order valence-electron chi connectivity index (χ2n) is 1.77. The van der Waals surface area contributed by atoms with E-state index >= 15 is 0 Å². The van der Waals surface area contributed by atoms with E-state index in [4.69, 9.17) is 0 Å². The molecule has 0 radical (unpaired) electrons. The van der Waals surface area contributed by atoms with E-state index in [1.54, 1.807) is 0 Å². The highest BCUT2D eigenvalue weighted by Crippen LogP contribution is 2.15. The maximum atomic E-state index is 4.50. The van der Waals surface area contributed by atoms with Gasteiger partial charge in [-0.1, -0.05) is 47.0 Å². The van der Waals surface area contributed by atoms with Crippen LogP contribution in [0, 0.1) is 0 Å². The van der Waals surface area contributed by atoms with Gasteiger partial charge in [0, 0.05) is 0 Å². The fraction of sp³-hybridized carbons (Fsp3) is 1.00. The topological polar surface area (TPSA) is 26.0 Å². The van der Waals surface area contributed by atoms with Crippen LogP contribution in [0.3, 0.4) is 0 Å². The van der Waals surface area contributed by atoms with Crippen molar-refractivity contribution in [2.24, 2.45) is 5.73 Å². The summed E-state index contributed by atoms with van der Waals surface area (Å²) in [6.07, 6.45) is 7.50. The summed E-state index contributed by atoms with van der Waals surface area (Å²) in [5.41, 5.74) is 4.50. The SMILES string of the molecule is C.C.C1CCCC1.CN. The maximum Gasteiger partial charge on any atom is -0.0195 e. The zero-order valence-corrected chi connectivity index (χ0v) is 5.11. The number of hydrogen-bond acceptors (Lipinski definition) is 1. The molecule has 0 bridgehead atoms. The summed E-state index contributed by atoms with van der Waals surface area (Å²) in [6, 6.07) is 0. The molecule has 9 heavy (non-hydrogen) atoms. The zero-order valence-electron chi connectivity index (χ0n) is 5.11. The molecule has 1 saturated carbocycles. The van der Waals surface area contributed by atoms with E-state index in [-0.39, 0.29) is 14.9 Å². The molecule has 0 atom stereocenters. The van der Waals surface area contributed by atoms with Gasteiger partial charge in [-0.05, 0) is 7.05 Å². The van der Waals surface area contributed by atoms with Crippen LogP contribution in [-0.2, 0) is 0 Å². The Morgan fingerprint density at radius 2 is 0.778 bits per heavy atom. The van der Waals surface area contributed by atoms with Gasteiger partial charge in [-0.15, -0.1) is 0 Å². The Balaban J connectivity index is -0.0000000836. The lowest BCUT2D eigenvalue weighted by Gasteiger charge is -1.67. The molecule has 0 amide bonds. The van der Waals surface area contributed by atoms with Crippen LogP contribution in [-0.4, -0.2) is 7.05 Å². The number of rotatable bonds is 0. The van der Waals surface area contributed by atoms with Gasteiger partial charge in [-0.2, -0.15) is 0 Å². The number of nitrogens with two attached hydrogens (primary N) is 1. The van der Waals surface area contributed by atoms with Crippen molar-refractivity contribution in [2.75, 3.05) is 7.05 Å². The lowest BCUT2D eigenvalue weighted by atomic mass is 10.4. The largest absolute Gasteiger partial charge is 0.333 e. The summed E-state index contributed by atoms with van der Waals surface area (Å²) in [7, 11) is 1.50. The van der Waals surface area contributed by atoms with E-state index in [2.05, 4.69) is 5.73 Å². The molecule has 1 aliphatic carbocycles. The second-order valence-corrected chi connectivity index (χ2v) is 1.77. The highest BCUT2D eigenvalue weighted by molar-refractivity contribution is 4.51. The lowest BCUT2D eigenvalue weighted by molar-refractivity contribution is 0.886. The Labute approximate surface area is 60.6 Å². The van der Waals surface area contributed by atoms with Crippen molar-refractivity contribution in [3.8, 4) is 0 Å². The average molecular weight is 133 g/mol. The Morgan fingerprint density at radius 3 is 0.889 bits per heavy atom. The number of hydrogen-bond donors (Lipinski definition) is 1. The smallest absolute Gasteiger partial charge is 0.0195 e. The van der Waals surface area contributed by atoms with Crippen LogP contribution in [0.15, 0.2) is 0 Å². The first kappa shape index (κ1) is 16.0. The third kappa shape index (κ3) is 11.5. The summed E-state index contributed by atoms with van der Waals surface area (Å²) in [5, 5.41) is 0. The summed E-state index contributed by atoms with van der Waals surface area (Å²) >= 11 is 0. The molecule has 0 saturated heterocycles. The highest BCUT2D eigenvalue weighted by Gasteiger charge is 1.95. The van der Waals surface area contributed by atoms with Gasteiger partial charge in [0.2, 0.25) is 0 Å². The molecular weight excluding hydrogens is 110 g/mol. The molecule has 0 unspecified atom stereocenters. The summed E-state index contributed by atoms with van der Waals surface area (Å²) in [4.78, 5) is 0. The molecule has 1 nitrogen and oxygen atoms in total. The van der Waals surface area contributed by atoms with E-state index in [0.717, 1.165) is 0 Å². The van der Waals surface area contributed by atoms with Crippen molar-refractivity contribution in [2.45, 2.75) is 47.0 Å². The molecule has 60 valence electrons. The maximum absolute atomic E-state index is 4.50. The predicted octanol–water partition coefficient (Wildman–Crippen LogP) is 2.80. The van der Waals surface area contributed by atoms with E-state index in [1.165, 1.54) is 39.2 Å². The highest BCUT2D eigenvalue weighted by atomic mass is 14.4. The van der Waals surface area contributed by atoms with Crippen LogP contribution in [0.1, 0.15) is 47.0 Å². The van der Waals surface area contributed by atoms with Crippen molar-refractivity contribution in [1.82, 2.24) is 0 Å². The molecule has 1 fully saturated rings. The quantitative estimate of drug-likeness (QED) is 0.540. The van der Waals surface area contributed by atoms with Crippen LogP contribution in [0.5, 0.6) is 0 Å². The fourth-order valence-electron chi connectivity index (χ4n) is 0.884. The van der Waals surface area contributed by atoms with Crippen LogP contribution in [0.4, 0.5) is 0 Å². The normalized spacial score (nSPS) is 14.0.